The average Bonchev–Trinajstić information content (AvgIpc) is 2.21. The normalized spacial score (nSPS) is 12.8. The van der Waals surface area contributed by atoms with Crippen LogP contribution in [-0.2, 0) is 6.42 Å². The summed E-state index contributed by atoms with van der Waals surface area (Å²) in [5.41, 5.74) is 6.92. The first-order valence-corrected chi connectivity index (χ1v) is 6.54. The first-order valence-electron chi connectivity index (χ1n) is 6.16. The molecule has 0 heterocycles. The van der Waals surface area contributed by atoms with Gasteiger partial charge in [0.25, 0.3) is 0 Å². The summed E-state index contributed by atoms with van der Waals surface area (Å²) in [5.74, 6) is 1.43. The highest BCUT2D eigenvalue weighted by molar-refractivity contribution is 6.32. The van der Waals surface area contributed by atoms with Crippen LogP contribution in [0.15, 0.2) is 18.2 Å². The van der Waals surface area contributed by atoms with E-state index in [2.05, 4.69) is 13.8 Å². The Morgan fingerprint density at radius 1 is 1.29 bits per heavy atom. The quantitative estimate of drug-likeness (QED) is 0.842. The molecule has 1 aromatic rings. The van der Waals surface area contributed by atoms with Crippen molar-refractivity contribution in [2.75, 3.05) is 6.61 Å². The van der Waals surface area contributed by atoms with Crippen molar-refractivity contribution >= 4 is 11.6 Å². The lowest BCUT2D eigenvalue weighted by Gasteiger charge is -2.15. The topological polar surface area (TPSA) is 35.2 Å². The first-order chi connectivity index (χ1) is 8.00. The van der Waals surface area contributed by atoms with Crippen molar-refractivity contribution in [3.63, 3.8) is 0 Å². The number of rotatable bonds is 6. The van der Waals surface area contributed by atoms with Crippen LogP contribution in [0.4, 0.5) is 0 Å². The van der Waals surface area contributed by atoms with Gasteiger partial charge in [-0.2, -0.15) is 0 Å². The largest absolute Gasteiger partial charge is 0.492 e. The molecule has 0 spiro atoms. The van der Waals surface area contributed by atoms with Gasteiger partial charge in [0, 0.05) is 6.04 Å². The summed E-state index contributed by atoms with van der Waals surface area (Å²) in [6.45, 7) is 7.05. The second-order valence-electron chi connectivity index (χ2n) is 4.94. The Kier molecular flexibility index (Phi) is 5.79. The molecule has 1 atom stereocenters. The van der Waals surface area contributed by atoms with Crippen LogP contribution in [0.3, 0.4) is 0 Å². The molecule has 96 valence electrons. The van der Waals surface area contributed by atoms with Gasteiger partial charge < -0.3 is 10.5 Å². The van der Waals surface area contributed by atoms with Crippen LogP contribution in [0.5, 0.6) is 5.75 Å². The van der Waals surface area contributed by atoms with Crippen molar-refractivity contribution < 1.29 is 4.74 Å². The van der Waals surface area contributed by atoms with Crippen LogP contribution in [-0.4, -0.2) is 12.6 Å². The molecule has 0 fully saturated rings. The summed E-state index contributed by atoms with van der Waals surface area (Å²) >= 11 is 6.16. The fourth-order valence-corrected chi connectivity index (χ4v) is 1.87. The maximum atomic E-state index is 6.16. The molecule has 1 unspecified atom stereocenters. The highest BCUT2D eigenvalue weighted by Gasteiger charge is 2.10. The zero-order chi connectivity index (χ0) is 12.8. The molecule has 17 heavy (non-hydrogen) atoms. The smallest absolute Gasteiger partial charge is 0.141 e. The molecule has 3 heteroatoms. The summed E-state index contributed by atoms with van der Waals surface area (Å²) in [6.07, 6.45) is 1.82. The third-order valence-electron chi connectivity index (χ3n) is 2.53. The third-order valence-corrected chi connectivity index (χ3v) is 2.83. The minimum atomic E-state index is 0.112. The van der Waals surface area contributed by atoms with Crippen molar-refractivity contribution in [3.8, 4) is 5.75 Å². The van der Waals surface area contributed by atoms with Crippen molar-refractivity contribution in [2.45, 2.75) is 39.7 Å². The molecule has 0 aromatic heterocycles. The van der Waals surface area contributed by atoms with E-state index >= 15 is 0 Å². The molecule has 0 saturated carbocycles. The Morgan fingerprint density at radius 2 is 2.00 bits per heavy atom. The number of benzene rings is 1. The Hall–Kier alpha value is -0.730. The van der Waals surface area contributed by atoms with E-state index in [0.29, 0.717) is 17.5 Å². The van der Waals surface area contributed by atoms with E-state index in [-0.39, 0.29) is 6.04 Å². The van der Waals surface area contributed by atoms with E-state index in [9.17, 15) is 0 Å². The average molecular weight is 256 g/mol. The number of para-hydroxylation sites is 1. The van der Waals surface area contributed by atoms with E-state index in [4.69, 9.17) is 22.1 Å². The summed E-state index contributed by atoms with van der Waals surface area (Å²) in [6, 6.07) is 5.94. The molecule has 0 aliphatic rings. The summed E-state index contributed by atoms with van der Waals surface area (Å²) < 4.78 is 5.79. The van der Waals surface area contributed by atoms with Crippen molar-refractivity contribution in [3.05, 3.63) is 28.8 Å². The summed E-state index contributed by atoms with van der Waals surface area (Å²) in [5, 5.41) is 0.673. The second-order valence-corrected chi connectivity index (χ2v) is 5.35. The fraction of sp³-hybridized carbons (Fsp3) is 0.571. The molecule has 0 amide bonds. The molecule has 0 saturated heterocycles. The van der Waals surface area contributed by atoms with Gasteiger partial charge in [-0.05, 0) is 37.3 Å². The monoisotopic (exact) mass is 255 g/mol. The van der Waals surface area contributed by atoms with Gasteiger partial charge in [0.2, 0.25) is 0 Å². The third kappa shape index (κ3) is 4.97. The van der Waals surface area contributed by atoms with E-state index < -0.39 is 0 Å². The van der Waals surface area contributed by atoms with Crippen molar-refractivity contribution in [2.24, 2.45) is 11.7 Å². The van der Waals surface area contributed by atoms with Crippen LogP contribution in [0.2, 0.25) is 5.02 Å². The maximum Gasteiger partial charge on any atom is 0.141 e. The predicted molar refractivity (Wildman–Crippen MR) is 73.8 cm³/mol. The SMILES string of the molecule is CC(C)CCOc1c(Cl)cccc1CC(C)N. The molecule has 0 aliphatic heterocycles. The standard InChI is InChI=1S/C14H22ClNO/c1-10(2)7-8-17-14-12(9-11(3)16)5-4-6-13(14)15/h4-6,10-11H,7-9,16H2,1-3H3. The van der Waals surface area contributed by atoms with Gasteiger partial charge in [0.05, 0.1) is 11.6 Å². The Labute approximate surface area is 109 Å². The van der Waals surface area contributed by atoms with Crippen LogP contribution in [0, 0.1) is 5.92 Å². The van der Waals surface area contributed by atoms with E-state index in [1.165, 1.54) is 0 Å². The van der Waals surface area contributed by atoms with Crippen LogP contribution < -0.4 is 10.5 Å². The Morgan fingerprint density at radius 3 is 2.59 bits per heavy atom. The lowest BCUT2D eigenvalue weighted by Crippen LogP contribution is -2.18. The highest BCUT2D eigenvalue weighted by atomic mass is 35.5. The van der Waals surface area contributed by atoms with Gasteiger partial charge in [-0.1, -0.05) is 37.6 Å². The number of hydrogen-bond donors (Lipinski definition) is 1. The Bertz CT molecular complexity index is 350. The number of nitrogens with two attached hydrogens (primary N) is 1. The number of hydrogen-bond acceptors (Lipinski definition) is 2. The highest BCUT2D eigenvalue weighted by Crippen LogP contribution is 2.29. The summed E-state index contributed by atoms with van der Waals surface area (Å²) in [4.78, 5) is 0. The van der Waals surface area contributed by atoms with E-state index in [0.717, 1.165) is 24.2 Å². The molecule has 0 aliphatic carbocycles. The predicted octanol–water partition coefficient (Wildman–Crippen LogP) is 3.65. The van der Waals surface area contributed by atoms with Crippen LogP contribution in [0.25, 0.3) is 0 Å². The molecule has 0 radical (unpaired) electrons. The number of ether oxygens (including phenoxy) is 1. The molecule has 1 rings (SSSR count). The fourth-order valence-electron chi connectivity index (χ4n) is 1.62. The van der Waals surface area contributed by atoms with Gasteiger partial charge >= 0.3 is 0 Å². The minimum absolute atomic E-state index is 0.112. The minimum Gasteiger partial charge on any atom is -0.492 e. The molecule has 2 N–H and O–H groups in total. The van der Waals surface area contributed by atoms with Gasteiger partial charge in [-0.25, -0.2) is 0 Å². The van der Waals surface area contributed by atoms with Gasteiger partial charge in [0.1, 0.15) is 5.75 Å². The molecular formula is C14H22ClNO. The van der Waals surface area contributed by atoms with Crippen LogP contribution >= 0.6 is 11.6 Å². The molecule has 1 aromatic carbocycles. The lowest BCUT2D eigenvalue weighted by atomic mass is 10.1. The molecule has 2 nitrogen and oxygen atoms in total. The van der Waals surface area contributed by atoms with Gasteiger partial charge in [0.15, 0.2) is 0 Å². The Balaban J connectivity index is 2.73. The zero-order valence-corrected chi connectivity index (χ0v) is 11.6. The maximum absolute atomic E-state index is 6.16. The van der Waals surface area contributed by atoms with Gasteiger partial charge in [-0.3, -0.25) is 0 Å². The van der Waals surface area contributed by atoms with Crippen molar-refractivity contribution in [1.82, 2.24) is 0 Å². The summed E-state index contributed by atoms with van der Waals surface area (Å²) in [7, 11) is 0. The van der Waals surface area contributed by atoms with E-state index in [1.54, 1.807) is 0 Å². The second kappa shape index (κ2) is 6.87. The van der Waals surface area contributed by atoms with Crippen molar-refractivity contribution in [1.29, 1.82) is 0 Å². The van der Waals surface area contributed by atoms with Gasteiger partial charge in [-0.15, -0.1) is 0 Å². The van der Waals surface area contributed by atoms with E-state index in [1.807, 2.05) is 25.1 Å². The molecule has 0 bridgehead atoms. The zero-order valence-electron chi connectivity index (χ0n) is 10.9. The molecular weight excluding hydrogens is 234 g/mol. The first kappa shape index (κ1) is 14.3. The van der Waals surface area contributed by atoms with Crippen LogP contribution in [0.1, 0.15) is 32.8 Å². The number of halogens is 1. The lowest BCUT2D eigenvalue weighted by molar-refractivity contribution is 0.286.